The molecule has 22 heavy (non-hydrogen) atoms. The number of hydrogen-bond donors (Lipinski definition) is 0. The summed E-state index contributed by atoms with van der Waals surface area (Å²) < 4.78 is 11.4. The molecular weight excluding hydrogens is 470 g/mol. The summed E-state index contributed by atoms with van der Waals surface area (Å²) in [4.78, 5) is 0. The van der Waals surface area contributed by atoms with E-state index in [2.05, 4.69) is 72.0 Å². The van der Waals surface area contributed by atoms with Gasteiger partial charge in [-0.05, 0) is 0 Å². The van der Waals surface area contributed by atoms with Crippen LogP contribution in [0.25, 0.3) is 29.0 Å². The van der Waals surface area contributed by atoms with Crippen LogP contribution in [0.1, 0.15) is 5.56 Å². The van der Waals surface area contributed by atoms with Crippen LogP contribution in [0.4, 0.5) is 0 Å². The Morgan fingerprint density at radius 3 is 2.77 bits per heavy atom. The molecule has 0 saturated heterocycles. The van der Waals surface area contributed by atoms with E-state index in [0.29, 0.717) is 14.5 Å². The third kappa shape index (κ3) is 2.24. The molecule has 0 spiro atoms. The van der Waals surface area contributed by atoms with Crippen LogP contribution in [0.5, 0.6) is 5.75 Å². The molecule has 0 radical (unpaired) electrons. The second-order valence-electron chi connectivity index (χ2n) is 5.21. The Bertz CT molecular complexity index is 999. The van der Waals surface area contributed by atoms with Crippen molar-refractivity contribution in [2.75, 3.05) is 7.11 Å². The van der Waals surface area contributed by atoms with Crippen molar-refractivity contribution in [1.29, 1.82) is 0 Å². The first kappa shape index (κ1) is 14.8. The van der Waals surface area contributed by atoms with Crippen LogP contribution in [0.2, 0.25) is 0 Å². The molecule has 0 bridgehead atoms. The fourth-order valence-electron chi connectivity index (χ4n) is 2.73. The Kier molecular flexibility index (Phi) is 3.81. The molecule has 4 heteroatoms. The monoisotopic (exact) mass is 484 g/mol. The van der Waals surface area contributed by atoms with E-state index >= 15 is 0 Å². The van der Waals surface area contributed by atoms with Gasteiger partial charge in [0.1, 0.15) is 0 Å². The van der Waals surface area contributed by atoms with Gasteiger partial charge in [0, 0.05) is 0 Å². The summed E-state index contributed by atoms with van der Waals surface area (Å²) in [7, 11) is 1.76. The second-order valence-corrected chi connectivity index (χ2v) is 10.1. The van der Waals surface area contributed by atoms with Gasteiger partial charge in [0.15, 0.2) is 0 Å². The van der Waals surface area contributed by atoms with Crippen LogP contribution < -0.4 is 4.74 Å². The summed E-state index contributed by atoms with van der Waals surface area (Å²) in [6.45, 7) is 2.14. The molecule has 4 aromatic rings. The first-order chi connectivity index (χ1) is 10.7. The van der Waals surface area contributed by atoms with Gasteiger partial charge in [-0.15, -0.1) is 0 Å². The minimum atomic E-state index is 0.358. The summed E-state index contributed by atoms with van der Waals surface area (Å²) in [5, 5.41) is 2.86. The standard InChI is InChI=1S/C18H13IOSSe/c1-10-7-8-13(20-2)12(9-10)17-16(19)15-11-5-3-4-6-14(11)21-18(15)22-17/h3-9H,1-2H3. The van der Waals surface area contributed by atoms with Gasteiger partial charge in [-0.1, -0.05) is 0 Å². The SMILES string of the molecule is COc1ccc(C)cc1-c1[se]c2sc3ccccc3c2c1I. The molecule has 0 fully saturated rings. The average molecular weight is 483 g/mol. The number of fused-ring (bicyclic) bond motifs is 3. The fourth-order valence-corrected chi connectivity index (χ4v) is 9.00. The van der Waals surface area contributed by atoms with Crippen LogP contribution >= 0.6 is 33.9 Å². The Morgan fingerprint density at radius 1 is 1.14 bits per heavy atom. The van der Waals surface area contributed by atoms with E-state index in [9.17, 15) is 0 Å². The van der Waals surface area contributed by atoms with Gasteiger partial charge in [0.25, 0.3) is 0 Å². The molecule has 0 atom stereocenters. The van der Waals surface area contributed by atoms with E-state index in [-0.39, 0.29) is 0 Å². The molecule has 0 saturated carbocycles. The number of hydrogen-bond acceptors (Lipinski definition) is 2. The second kappa shape index (κ2) is 5.68. The van der Waals surface area contributed by atoms with Crippen LogP contribution in [0.3, 0.4) is 0 Å². The number of ether oxygens (including phenoxy) is 1. The molecule has 0 aliphatic rings. The topological polar surface area (TPSA) is 9.23 Å². The molecule has 2 heterocycles. The van der Waals surface area contributed by atoms with Crippen molar-refractivity contribution in [3.8, 4) is 15.8 Å². The van der Waals surface area contributed by atoms with Gasteiger partial charge in [0.05, 0.1) is 0 Å². The molecular formula is C18H13IOSSe. The molecule has 2 aromatic carbocycles. The van der Waals surface area contributed by atoms with E-state index in [1.54, 1.807) is 7.11 Å². The maximum absolute atomic E-state index is 5.60. The van der Waals surface area contributed by atoms with E-state index in [0.717, 1.165) is 5.75 Å². The van der Waals surface area contributed by atoms with Crippen molar-refractivity contribution in [3.05, 3.63) is 51.6 Å². The van der Waals surface area contributed by atoms with E-state index in [1.165, 1.54) is 38.2 Å². The number of aryl methyl sites for hydroxylation is 1. The Hall–Kier alpha value is -0.811. The molecule has 0 aliphatic carbocycles. The third-order valence-corrected chi connectivity index (χ3v) is 9.74. The summed E-state index contributed by atoms with van der Waals surface area (Å²) in [6.07, 6.45) is 0. The summed E-state index contributed by atoms with van der Waals surface area (Å²) in [5.74, 6) is 0.982. The van der Waals surface area contributed by atoms with Crippen LogP contribution in [-0.4, -0.2) is 21.6 Å². The van der Waals surface area contributed by atoms with Crippen molar-refractivity contribution < 1.29 is 4.74 Å². The summed E-state index contributed by atoms with van der Waals surface area (Å²) in [5.41, 5.74) is 2.54. The summed E-state index contributed by atoms with van der Waals surface area (Å²) >= 11 is 4.83. The first-order valence-corrected chi connectivity index (χ1v) is 10.5. The minimum absolute atomic E-state index is 0.358. The summed E-state index contributed by atoms with van der Waals surface area (Å²) in [6, 6.07) is 15.2. The van der Waals surface area contributed by atoms with Gasteiger partial charge in [0.2, 0.25) is 0 Å². The van der Waals surface area contributed by atoms with Gasteiger partial charge >= 0.3 is 154 Å². The van der Waals surface area contributed by atoms with Gasteiger partial charge in [-0.25, -0.2) is 0 Å². The van der Waals surface area contributed by atoms with Crippen molar-refractivity contribution in [2.24, 2.45) is 0 Å². The van der Waals surface area contributed by atoms with Crippen LogP contribution in [-0.2, 0) is 0 Å². The molecule has 0 amide bonds. The normalized spacial score (nSPS) is 11.4. The van der Waals surface area contributed by atoms with Crippen molar-refractivity contribution >= 4 is 67.5 Å². The first-order valence-electron chi connectivity index (χ1n) is 6.93. The molecule has 1 nitrogen and oxygen atoms in total. The van der Waals surface area contributed by atoms with Gasteiger partial charge in [-0.2, -0.15) is 0 Å². The van der Waals surface area contributed by atoms with Crippen LogP contribution in [0, 0.1) is 10.5 Å². The molecule has 2 aromatic heterocycles. The van der Waals surface area contributed by atoms with E-state index < -0.39 is 0 Å². The predicted octanol–water partition coefficient (Wildman–Crippen LogP) is 5.70. The van der Waals surface area contributed by atoms with Crippen LogP contribution in [0.15, 0.2) is 42.5 Å². The molecule has 0 aliphatic heterocycles. The third-order valence-electron chi connectivity index (χ3n) is 3.78. The number of halogens is 1. The van der Waals surface area contributed by atoms with Crippen molar-refractivity contribution in [2.45, 2.75) is 6.92 Å². The van der Waals surface area contributed by atoms with E-state index in [1.807, 2.05) is 11.3 Å². The average Bonchev–Trinajstić information content (AvgIpc) is 3.04. The predicted molar refractivity (Wildman–Crippen MR) is 106 cm³/mol. The maximum atomic E-state index is 5.60. The number of methoxy groups -OCH3 is 1. The number of benzene rings is 2. The fraction of sp³-hybridized carbons (Fsp3) is 0.111. The molecule has 4 rings (SSSR count). The number of rotatable bonds is 2. The quantitative estimate of drug-likeness (QED) is 0.263. The molecule has 0 N–H and O–H groups in total. The zero-order chi connectivity index (χ0) is 15.3. The zero-order valence-electron chi connectivity index (χ0n) is 12.1. The molecule has 110 valence electrons. The molecule has 0 unspecified atom stereocenters. The van der Waals surface area contributed by atoms with Crippen molar-refractivity contribution in [1.82, 2.24) is 0 Å². The Balaban J connectivity index is 2.04. The Labute approximate surface area is 152 Å². The van der Waals surface area contributed by atoms with E-state index in [4.69, 9.17) is 4.74 Å². The van der Waals surface area contributed by atoms with Gasteiger partial charge in [-0.3, -0.25) is 0 Å². The zero-order valence-corrected chi connectivity index (χ0v) is 16.8. The van der Waals surface area contributed by atoms with Gasteiger partial charge < -0.3 is 0 Å². The van der Waals surface area contributed by atoms with Crippen molar-refractivity contribution in [3.63, 3.8) is 0 Å². The number of thiophene rings is 1. The Morgan fingerprint density at radius 2 is 1.95 bits per heavy atom.